The number of amidine groups is 1. The van der Waals surface area contributed by atoms with Crippen LogP contribution in [0.4, 0.5) is 17.1 Å². The lowest BCUT2D eigenvalue weighted by Crippen LogP contribution is -2.28. The van der Waals surface area contributed by atoms with Crippen molar-refractivity contribution in [3.8, 4) is 5.75 Å². The second-order valence-corrected chi connectivity index (χ2v) is 9.51. The smallest absolute Gasteiger partial charge is 0.268 e. The van der Waals surface area contributed by atoms with E-state index in [-0.39, 0.29) is 11.7 Å². The zero-order valence-electron chi connectivity index (χ0n) is 21.4. The molecule has 1 fully saturated rings. The molecule has 1 N–H and O–H groups in total. The van der Waals surface area contributed by atoms with Gasteiger partial charge >= 0.3 is 0 Å². The molecule has 190 valence electrons. The summed E-state index contributed by atoms with van der Waals surface area (Å²) in [5.41, 5.74) is 3.77. The first-order valence-electron chi connectivity index (χ1n) is 12.0. The number of amides is 1. The highest BCUT2D eigenvalue weighted by atomic mass is 32.2. The number of aliphatic imine (C=N–C) groups is 1. The van der Waals surface area contributed by atoms with E-state index in [4.69, 9.17) is 9.73 Å². The standard InChI is InChI=1S/C29H30N4O3S/c1-5-30-22-14-15-25(20(2)34)26(16-22)31-29-33(18-21-10-7-6-8-11-21)28(35)27(37-29)19-32(3)23-12-9-13-24(17-23)36-4/h6-17,19,30H,5,18H2,1-4H3/b27-19-,31-29?. The minimum absolute atomic E-state index is 0.0835. The number of ether oxygens (including phenoxy) is 1. The van der Waals surface area contributed by atoms with Crippen molar-refractivity contribution in [2.45, 2.75) is 20.4 Å². The maximum atomic E-state index is 13.6. The van der Waals surface area contributed by atoms with Gasteiger partial charge < -0.3 is 15.0 Å². The van der Waals surface area contributed by atoms with Crippen LogP contribution in [0.1, 0.15) is 29.8 Å². The van der Waals surface area contributed by atoms with Crippen molar-refractivity contribution in [1.82, 2.24) is 4.90 Å². The van der Waals surface area contributed by atoms with Crippen molar-refractivity contribution in [2.24, 2.45) is 4.99 Å². The molecule has 8 heteroatoms. The number of benzene rings is 3. The molecular weight excluding hydrogens is 484 g/mol. The zero-order chi connectivity index (χ0) is 26.4. The molecular formula is C29H30N4O3S. The van der Waals surface area contributed by atoms with E-state index in [2.05, 4.69) is 5.32 Å². The Morgan fingerprint density at radius 2 is 1.89 bits per heavy atom. The zero-order valence-corrected chi connectivity index (χ0v) is 22.2. The van der Waals surface area contributed by atoms with E-state index in [0.717, 1.165) is 29.2 Å². The maximum absolute atomic E-state index is 13.6. The predicted molar refractivity (Wildman–Crippen MR) is 152 cm³/mol. The van der Waals surface area contributed by atoms with Gasteiger partial charge in [0.25, 0.3) is 5.91 Å². The second kappa shape index (κ2) is 11.8. The number of carbonyl (C=O) groups is 2. The third kappa shape index (κ3) is 6.21. The predicted octanol–water partition coefficient (Wildman–Crippen LogP) is 6.07. The first-order chi connectivity index (χ1) is 17.9. The molecule has 7 nitrogen and oxygen atoms in total. The number of anilines is 2. The molecule has 0 radical (unpaired) electrons. The number of thioether (sulfide) groups is 1. The number of hydrogen-bond acceptors (Lipinski definition) is 7. The van der Waals surface area contributed by atoms with Crippen LogP contribution in [0.15, 0.2) is 88.9 Å². The summed E-state index contributed by atoms with van der Waals surface area (Å²) >= 11 is 1.30. The third-order valence-electron chi connectivity index (χ3n) is 5.82. The van der Waals surface area contributed by atoms with Gasteiger partial charge in [-0.25, -0.2) is 4.99 Å². The van der Waals surface area contributed by atoms with Gasteiger partial charge in [-0.05, 0) is 61.5 Å². The van der Waals surface area contributed by atoms with Gasteiger partial charge in [-0.2, -0.15) is 0 Å². The van der Waals surface area contributed by atoms with Gasteiger partial charge in [-0.1, -0.05) is 36.4 Å². The minimum Gasteiger partial charge on any atom is -0.497 e. The van der Waals surface area contributed by atoms with Crippen LogP contribution in [0.5, 0.6) is 5.75 Å². The summed E-state index contributed by atoms with van der Waals surface area (Å²) in [4.78, 5) is 34.9. The molecule has 1 saturated heterocycles. The highest BCUT2D eigenvalue weighted by Gasteiger charge is 2.34. The summed E-state index contributed by atoms with van der Waals surface area (Å²) in [6.07, 6.45) is 1.81. The monoisotopic (exact) mass is 514 g/mol. The highest BCUT2D eigenvalue weighted by Crippen LogP contribution is 2.36. The molecule has 1 amide bonds. The van der Waals surface area contributed by atoms with Crippen LogP contribution in [0.25, 0.3) is 0 Å². The molecule has 0 unspecified atom stereocenters. The Balaban J connectivity index is 1.74. The first kappa shape index (κ1) is 26.0. The molecule has 0 aromatic heterocycles. The van der Waals surface area contributed by atoms with E-state index < -0.39 is 0 Å². The summed E-state index contributed by atoms with van der Waals surface area (Å²) < 4.78 is 5.34. The normalized spacial score (nSPS) is 15.4. The molecule has 1 heterocycles. The summed E-state index contributed by atoms with van der Waals surface area (Å²) in [6, 6.07) is 22.9. The van der Waals surface area contributed by atoms with Gasteiger partial charge in [0.05, 0.1) is 24.2 Å². The summed E-state index contributed by atoms with van der Waals surface area (Å²) in [5.74, 6) is 0.507. The number of nitrogens with zero attached hydrogens (tertiary/aromatic N) is 3. The number of ketones is 1. The van der Waals surface area contributed by atoms with E-state index in [1.807, 2.05) is 91.8 Å². The van der Waals surface area contributed by atoms with Crippen LogP contribution in [-0.4, -0.2) is 42.5 Å². The van der Waals surface area contributed by atoms with Crippen molar-refractivity contribution in [3.63, 3.8) is 0 Å². The Labute approximate surface area is 221 Å². The van der Waals surface area contributed by atoms with Gasteiger partial charge in [0.2, 0.25) is 0 Å². The molecule has 3 aromatic rings. The summed E-state index contributed by atoms with van der Waals surface area (Å²) in [5, 5.41) is 3.79. The Morgan fingerprint density at radius 3 is 2.59 bits per heavy atom. The number of nitrogens with one attached hydrogen (secondary N) is 1. The molecule has 0 aliphatic carbocycles. The van der Waals surface area contributed by atoms with Crippen LogP contribution in [-0.2, 0) is 11.3 Å². The highest BCUT2D eigenvalue weighted by molar-refractivity contribution is 8.18. The SMILES string of the molecule is CCNc1ccc(C(C)=O)c(N=C2S/C(=C\N(C)c3cccc(OC)c3)C(=O)N2Cc2ccccc2)c1. The minimum atomic E-state index is -0.144. The van der Waals surface area contributed by atoms with Gasteiger partial charge in [0.1, 0.15) is 5.75 Å². The third-order valence-corrected chi connectivity index (χ3v) is 6.81. The lowest BCUT2D eigenvalue weighted by Gasteiger charge is -2.17. The van der Waals surface area contributed by atoms with Crippen LogP contribution < -0.4 is 15.0 Å². The van der Waals surface area contributed by atoms with Gasteiger partial charge in [0, 0.05) is 42.8 Å². The van der Waals surface area contributed by atoms with Crippen LogP contribution in [0, 0.1) is 0 Å². The molecule has 0 saturated carbocycles. The maximum Gasteiger partial charge on any atom is 0.268 e. The quantitative estimate of drug-likeness (QED) is 0.276. The lowest BCUT2D eigenvalue weighted by atomic mass is 10.1. The fourth-order valence-corrected chi connectivity index (χ4v) is 4.91. The average molecular weight is 515 g/mol. The molecule has 0 atom stereocenters. The Kier molecular flexibility index (Phi) is 8.30. The van der Waals surface area contributed by atoms with Gasteiger partial charge in [-0.15, -0.1) is 0 Å². The van der Waals surface area contributed by atoms with E-state index in [1.165, 1.54) is 18.7 Å². The van der Waals surface area contributed by atoms with Crippen molar-refractivity contribution in [2.75, 3.05) is 30.9 Å². The summed E-state index contributed by atoms with van der Waals surface area (Å²) in [7, 11) is 3.51. The largest absolute Gasteiger partial charge is 0.497 e. The molecule has 1 aliphatic rings. The molecule has 4 rings (SSSR count). The van der Waals surface area contributed by atoms with Crippen molar-refractivity contribution < 1.29 is 14.3 Å². The fourth-order valence-electron chi connectivity index (χ4n) is 3.91. The van der Waals surface area contributed by atoms with E-state index >= 15 is 0 Å². The van der Waals surface area contributed by atoms with Crippen molar-refractivity contribution in [1.29, 1.82) is 0 Å². The molecule has 3 aromatic carbocycles. The van der Waals surface area contributed by atoms with Gasteiger partial charge in [0.15, 0.2) is 11.0 Å². The van der Waals surface area contributed by atoms with Crippen LogP contribution >= 0.6 is 11.8 Å². The number of methoxy groups -OCH3 is 1. The average Bonchev–Trinajstić information content (AvgIpc) is 3.18. The number of carbonyl (C=O) groups excluding carboxylic acids is 2. The number of Topliss-reactive ketones (excluding diaryl/α,β-unsaturated/α-hetero) is 1. The van der Waals surface area contributed by atoms with Crippen molar-refractivity contribution >= 4 is 45.7 Å². The molecule has 37 heavy (non-hydrogen) atoms. The topological polar surface area (TPSA) is 74.2 Å². The second-order valence-electron chi connectivity index (χ2n) is 8.50. The first-order valence-corrected chi connectivity index (χ1v) is 12.8. The van der Waals surface area contributed by atoms with E-state index in [0.29, 0.717) is 27.9 Å². The lowest BCUT2D eigenvalue weighted by molar-refractivity contribution is -0.122. The molecule has 1 aliphatic heterocycles. The molecule has 0 bridgehead atoms. The van der Waals surface area contributed by atoms with E-state index in [1.54, 1.807) is 18.1 Å². The number of rotatable bonds is 9. The van der Waals surface area contributed by atoms with Gasteiger partial charge in [-0.3, -0.25) is 14.5 Å². The Hall–Kier alpha value is -4.04. The summed E-state index contributed by atoms with van der Waals surface area (Å²) in [6.45, 7) is 4.64. The number of hydrogen-bond donors (Lipinski definition) is 1. The fraction of sp³-hybridized carbons (Fsp3) is 0.207. The Morgan fingerprint density at radius 1 is 1.11 bits per heavy atom. The molecule has 0 spiro atoms. The van der Waals surface area contributed by atoms with E-state index in [9.17, 15) is 9.59 Å². The van der Waals surface area contributed by atoms with Crippen LogP contribution in [0.3, 0.4) is 0 Å². The van der Waals surface area contributed by atoms with Crippen LogP contribution in [0.2, 0.25) is 0 Å². The Bertz CT molecular complexity index is 1350. The van der Waals surface area contributed by atoms with Crippen molar-refractivity contribution in [3.05, 3.63) is 95.0 Å².